The second kappa shape index (κ2) is 12.6. The minimum Gasteiger partial charge on any atom is -0.463 e. The van der Waals surface area contributed by atoms with Crippen molar-refractivity contribution in [2.75, 3.05) is 32.7 Å². The number of nitrogens with one attached hydrogen (secondary N) is 1. The number of nitrogens with two attached hydrogens (primary N) is 1. The van der Waals surface area contributed by atoms with Gasteiger partial charge >= 0.3 is 0 Å². The van der Waals surface area contributed by atoms with E-state index >= 15 is 0 Å². The Hall–Kier alpha value is -3.08. The highest BCUT2D eigenvalue weighted by molar-refractivity contribution is 6.35. The number of hydrogen-bond acceptors (Lipinski definition) is 7. The first-order chi connectivity index (χ1) is 16.8. The van der Waals surface area contributed by atoms with Crippen molar-refractivity contribution in [1.29, 1.82) is 0 Å². The van der Waals surface area contributed by atoms with Crippen LogP contribution in [-0.4, -0.2) is 76.5 Å². The lowest BCUT2D eigenvalue weighted by Crippen LogP contribution is -2.50. The molecular formula is C23H28Cl2N6O4. The third-order valence-electron chi connectivity index (χ3n) is 5.51. The first kappa shape index (κ1) is 26.5. The molecule has 3 rings (SSSR count). The topological polar surface area (TPSA) is 133 Å². The number of oxime groups is 1. The van der Waals surface area contributed by atoms with Crippen molar-refractivity contribution in [1.82, 2.24) is 20.1 Å². The van der Waals surface area contributed by atoms with Crippen molar-refractivity contribution in [3.8, 4) is 5.88 Å². The summed E-state index contributed by atoms with van der Waals surface area (Å²) in [6, 6.07) is 8.64. The summed E-state index contributed by atoms with van der Waals surface area (Å²) < 4.78 is 5.67. The minimum atomic E-state index is -0.785. The molecule has 2 amide bonds. The van der Waals surface area contributed by atoms with Crippen LogP contribution < -0.4 is 15.8 Å². The number of piperazine rings is 1. The Balaban J connectivity index is 1.55. The van der Waals surface area contributed by atoms with Gasteiger partial charge in [0.15, 0.2) is 11.9 Å². The van der Waals surface area contributed by atoms with Crippen LogP contribution in [0.5, 0.6) is 5.88 Å². The Morgan fingerprint density at radius 1 is 1.26 bits per heavy atom. The number of carbonyl (C=O) groups excluding carboxylic acids is 2. The molecule has 1 saturated heterocycles. The number of pyridine rings is 1. The standard InChI is InChI=1S/C23H28Cl2N6O4/c1-2-19(35-22-18(25)11-17(24)13-28-22)21(32)27-12-15-4-3-5-16(10-15)23(33)31-8-6-30(7-9-31)14-20(26)29-34/h3-5,10-11,13,19,34H,2,6-9,12,14H2,1H3,(H2,26,29)(H,27,32)/t19-/m1/s1. The zero-order valence-electron chi connectivity index (χ0n) is 19.3. The second-order valence-electron chi connectivity index (χ2n) is 8.03. The van der Waals surface area contributed by atoms with Gasteiger partial charge in [-0.25, -0.2) is 4.98 Å². The molecule has 4 N–H and O–H groups in total. The van der Waals surface area contributed by atoms with Gasteiger partial charge in [-0.2, -0.15) is 0 Å². The van der Waals surface area contributed by atoms with Crippen LogP contribution in [0.1, 0.15) is 29.3 Å². The van der Waals surface area contributed by atoms with E-state index in [1.807, 2.05) is 17.9 Å². The van der Waals surface area contributed by atoms with E-state index in [1.165, 1.54) is 12.3 Å². The molecule has 12 heteroatoms. The highest BCUT2D eigenvalue weighted by Crippen LogP contribution is 2.26. The molecular weight excluding hydrogens is 495 g/mol. The van der Waals surface area contributed by atoms with E-state index in [1.54, 1.807) is 23.1 Å². The lowest BCUT2D eigenvalue weighted by molar-refractivity contribution is -0.128. The Kier molecular flexibility index (Phi) is 9.53. The molecule has 1 aliphatic heterocycles. The molecule has 2 heterocycles. The predicted octanol–water partition coefficient (Wildman–Crippen LogP) is 2.37. The zero-order chi connectivity index (χ0) is 25.4. The third-order valence-corrected chi connectivity index (χ3v) is 5.98. The average molecular weight is 523 g/mol. The van der Waals surface area contributed by atoms with Gasteiger partial charge in [0.2, 0.25) is 5.88 Å². The highest BCUT2D eigenvalue weighted by atomic mass is 35.5. The minimum absolute atomic E-state index is 0.0835. The third kappa shape index (κ3) is 7.45. The second-order valence-corrected chi connectivity index (χ2v) is 8.88. The van der Waals surface area contributed by atoms with Crippen molar-refractivity contribution >= 4 is 40.9 Å². The number of benzene rings is 1. The molecule has 1 aromatic carbocycles. The van der Waals surface area contributed by atoms with E-state index in [9.17, 15) is 9.59 Å². The lowest BCUT2D eigenvalue weighted by atomic mass is 10.1. The van der Waals surface area contributed by atoms with Gasteiger partial charge in [-0.15, -0.1) is 0 Å². The quantitative estimate of drug-likeness (QED) is 0.199. The highest BCUT2D eigenvalue weighted by Gasteiger charge is 2.23. The Labute approximate surface area is 213 Å². The fourth-order valence-electron chi connectivity index (χ4n) is 3.62. The summed E-state index contributed by atoms with van der Waals surface area (Å²) in [5, 5.41) is 15.1. The van der Waals surface area contributed by atoms with Gasteiger partial charge in [-0.05, 0) is 30.2 Å². The number of halogens is 2. The van der Waals surface area contributed by atoms with Crippen LogP contribution in [-0.2, 0) is 11.3 Å². The molecule has 1 aromatic heterocycles. The van der Waals surface area contributed by atoms with Crippen molar-refractivity contribution in [3.05, 3.63) is 57.7 Å². The first-order valence-electron chi connectivity index (χ1n) is 11.1. The van der Waals surface area contributed by atoms with E-state index in [0.717, 1.165) is 5.56 Å². The smallest absolute Gasteiger partial charge is 0.261 e. The van der Waals surface area contributed by atoms with Gasteiger partial charge in [0.05, 0.1) is 11.6 Å². The number of aromatic nitrogens is 1. The molecule has 0 unspecified atom stereocenters. The van der Waals surface area contributed by atoms with E-state index in [2.05, 4.69) is 15.5 Å². The summed E-state index contributed by atoms with van der Waals surface area (Å²) in [6.07, 6.45) is 1.02. The molecule has 0 saturated carbocycles. The van der Waals surface area contributed by atoms with E-state index < -0.39 is 6.10 Å². The van der Waals surface area contributed by atoms with E-state index in [4.69, 9.17) is 38.9 Å². The van der Waals surface area contributed by atoms with Crippen LogP contribution in [0.2, 0.25) is 10.0 Å². The summed E-state index contributed by atoms with van der Waals surface area (Å²) in [6.45, 7) is 4.74. The summed E-state index contributed by atoms with van der Waals surface area (Å²) in [5.41, 5.74) is 6.89. The number of amidine groups is 1. The SMILES string of the molecule is CC[C@@H](Oc1ncc(Cl)cc1Cl)C(=O)NCc1cccc(C(=O)N2CCN(C/C(N)=N\O)CC2)c1. The van der Waals surface area contributed by atoms with Crippen molar-refractivity contribution in [3.63, 3.8) is 0 Å². The van der Waals surface area contributed by atoms with Gasteiger partial charge in [-0.1, -0.05) is 47.4 Å². The molecule has 1 fully saturated rings. The molecule has 1 atom stereocenters. The number of carbonyl (C=O) groups is 2. The Bertz CT molecular complexity index is 1080. The van der Waals surface area contributed by atoms with Crippen molar-refractivity contribution in [2.24, 2.45) is 10.9 Å². The molecule has 0 bridgehead atoms. The molecule has 10 nitrogen and oxygen atoms in total. The normalized spacial score (nSPS) is 15.5. The van der Waals surface area contributed by atoms with Gasteiger partial charge in [0.1, 0.15) is 5.02 Å². The van der Waals surface area contributed by atoms with Crippen molar-refractivity contribution < 1.29 is 19.5 Å². The molecule has 0 aliphatic carbocycles. The fraction of sp³-hybridized carbons (Fsp3) is 0.391. The van der Waals surface area contributed by atoms with Gasteiger partial charge in [-0.3, -0.25) is 14.5 Å². The van der Waals surface area contributed by atoms with Crippen LogP contribution in [0.3, 0.4) is 0 Å². The van der Waals surface area contributed by atoms with Gasteiger partial charge in [0, 0.05) is 44.5 Å². The number of hydrogen-bond donors (Lipinski definition) is 3. The summed E-state index contributed by atoms with van der Waals surface area (Å²) >= 11 is 11.9. The maximum Gasteiger partial charge on any atom is 0.261 e. The fourth-order valence-corrected chi connectivity index (χ4v) is 4.04. The Morgan fingerprint density at radius 2 is 2.00 bits per heavy atom. The van der Waals surface area contributed by atoms with E-state index in [-0.39, 0.29) is 35.1 Å². The number of rotatable bonds is 9. The van der Waals surface area contributed by atoms with Crippen LogP contribution in [0.15, 0.2) is 41.7 Å². The lowest BCUT2D eigenvalue weighted by Gasteiger charge is -2.34. The van der Waals surface area contributed by atoms with Gasteiger partial charge < -0.3 is 25.9 Å². The van der Waals surface area contributed by atoms with Crippen LogP contribution in [0.25, 0.3) is 0 Å². The predicted molar refractivity (Wildman–Crippen MR) is 133 cm³/mol. The average Bonchev–Trinajstić information content (AvgIpc) is 2.87. The van der Waals surface area contributed by atoms with E-state index in [0.29, 0.717) is 49.7 Å². The van der Waals surface area contributed by atoms with Crippen LogP contribution >= 0.6 is 23.2 Å². The molecule has 2 aromatic rings. The Morgan fingerprint density at radius 3 is 2.66 bits per heavy atom. The number of ether oxygens (including phenoxy) is 1. The van der Waals surface area contributed by atoms with Crippen LogP contribution in [0, 0.1) is 0 Å². The maximum atomic E-state index is 13.0. The monoisotopic (exact) mass is 522 g/mol. The number of amides is 2. The summed E-state index contributed by atoms with van der Waals surface area (Å²) in [5.74, 6) is -0.126. The van der Waals surface area contributed by atoms with Crippen molar-refractivity contribution in [2.45, 2.75) is 26.0 Å². The molecule has 0 spiro atoms. The molecule has 0 radical (unpaired) electrons. The maximum absolute atomic E-state index is 13.0. The van der Waals surface area contributed by atoms with Gasteiger partial charge in [0.25, 0.3) is 11.8 Å². The first-order valence-corrected chi connectivity index (χ1v) is 11.9. The summed E-state index contributed by atoms with van der Waals surface area (Å²) in [4.78, 5) is 33.5. The zero-order valence-corrected chi connectivity index (χ0v) is 20.8. The summed E-state index contributed by atoms with van der Waals surface area (Å²) in [7, 11) is 0. The molecule has 188 valence electrons. The molecule has 35 heavy (non-hydrogen) atoms. The van der Waals surface area contributed by atoms with Crippen LogP contribution in [0.4, 0.5) is 0 Å². The largest absolute Gasteiger partial charge is 0.463 e. The molecule has 1 aliphatic rings. The number of nitrogens with zero attached hydrogens (tertiary/aromatic N) is 4.